The number of methoxy groups -OCH3 is 1. The highest BCUT2D eigenvalue weighted by Crippen LogP contribution is 2.47. The number of rotatable bonds is 1. The number of sulfonamides is 1. The Balaban J connectivity index is 2.48. The Morgan fingerprint density at radius 1 is 1.38 bits per heavy atom. The van der Waals surface area contributed by atoms with Crippen molar-refractivity contribution in [2.24, 2.45) is 0 Å². The van der Waals surface area contributed by atoms with Gasteiger partial charge in [-0.3, -0.25) is 4.72 Å². The van der Waals surface area contributed by atoms with Crippen molar-refractivity contribution in [1.82, 2.24) is 0 Å². The molecule has 1 N–H and O–H groups in total. The largest absolute Gasteiger partial charge is 0.465 e. The molecule has 2 aromatic heterocycles. The number of benzene rings is 1. The lowest BCUT2D eigenvalue weighted by Crippen LogP contribution is -2.10. The molecule has 3 heterocycles. The molecule has 16 heavy (non-hydrogen) atoms. The van der Waals surface area contributed by atoms with Crippen LogP contribution in [0, 0.1) is 6.92 Å². The van der Waals surface area contributed by atoms with E-state index in [0.717, 1.165) is 0 Å². The summed E-state index contributed by atoms with van der Waals surface area (Å²) in [5, 5.41) is 0. The number of hydrogen-bond acceptors (Lipinski definition) is 5. The summed E-state index contributed by atoms with van der Waals surface area (Å²) in [7, 11) is -2.48. The molecule has 1 aliphatic rings. The summed E-state index contributed by atoms with van der Waals surface area (Å²) in [6.45, 7) is 1.69. The van der Waals surface area contributed by atoms with Crippen LogP contribution in [0.3, 0.4) is 0 Å². The van der Waals surface area contributed by atoms with Crippen LogP contribution in [-0.4, -0.2) is 21.5 Å². The minimum absolute atomic E-state index is 0.0104. The van der Waals surface area contributed by atoms with Crippen LogP contribution in [0.1, 0.15) is 15.9 Å². The second-order valence-electron chi connectivity index (χ2n) is 3.56. The van der Waals surface area contributed by atoms with E-state index in [2.05, 4.69) is 9.46 Å². The number of furan rings is 2. The number of nitrogens with one attached hydrogen (secondary N) is 1. The third kappa shape index (κ3) is 0.827. The van der Waals surface area contributed by atoms with E-state index in [4.69, 9.17) is 4.42 Å². The normalized spacial score (nSPS) is 16.6. The minimum Gasteiger partial charge on any atom is -0.465 e. The number of anilines is 1. The number of carbonyl (C=O) groups is 1. The highest BCUT2D eigenvalue weighted by molar-refractivity contribution is 7.93. The molecule has 0 spiro atoms. The summed E-state index contributed by atoms with van der Waals surface area (Å²) in [5.74, 6) is -0.703. The van der Waals surface area contributed by atoms with Crippen LogP contribution in [-0.2, 0) is 14.8 Å². The first-order valence-electron chi connectivity index (χ1n) is 4.47. The molecule has 0 saturated heterocycles. The van der Waals surface area contributed by atoms with Crippen LogP contribution in [0.15, 0.2) is 9.31 Å². The van der Waals surface area contributed by atoms with Gasteiger partial charge in [0.15, 0.2) is 10.5 Å². The van der Waals surface area contributed by atoms with Crippen molar-refractivity contribution in [3.63, 3.8) is 0 Å². The Bertz CT molecular complexity index is 712. The smallest absolute Gasteiger partial charge is 0.343 e. The zero-order valence-electron chi connectivity index (χ0n) is 8.45. The summed E-state index contributed by atoms with van der Waals surface area (Å²) in [6, 6.07) is 0. The van der Waals surface area contributed by atoms with E-state index in [1.54, 1.807) is 6.92 Å². The predicted molar refractivity (Wildman–Crippen MR) is 54.3 cm³/mol. The van der Waals surface area contributed by atoms with Gasteiger partial charge in [-0.05, 0) is 6.92 Å². The van der Waals surface area contributed by atoms with Gasteiger partial charge in [-0.15, -0.1) is 0 Å². The third-order valence-electron chi connectivity index (χ3n) is 2.70. The number of aryl methyl sites for hydroxylation is 1. The monoisotopic (exact) mass is 241 g/mol. The van der Waals surface area contributed by atoms with Gasteiger partial charge in [0.25, 0.3) is 10.0 Å². The van der Waals surface area contributed by atoms with Gasteiger partial charge in [-0.2, -0.15) is 0 Å². The van der Waals surface area contributed by atoms with E-state index in [-0.39, 0.29) is 21.6 Å². The molecule has 84 valence electrons. The predicted octanol–water partition coefficient (Wildman–Crippen LogP) is 1.08. The van der Waals surface area contributed by atoms with Gasteiger partial charge >= 0.3 is 5.97 Å². The first-order valence-corrected chi connectivity index (χ1v) is 5.95. The van der Waals surface area contributed by atoms with Gasteiger partial charge in [0.1, 0.15) is 11.1 Å². The van der Waals surface area contributed by atoms with E-state index in [1.807, 2.05) is 0 Å². The van der Waals surface area contributed by atoms with Crippen molar-refractivity contribution in [2.45, 2.75) is 11.8 Å². The van der Waals surface area contributed by atoms with E-state index in [9.17, 15) is 13.2 Å². The van der Waals surface area contributed by atoms with Crippen molar-refractivity contribution < 1.29 is 22.4 Å². The van der Waals surface area contributed by atoms with Gasteiger partial charge in [-0.1, -0.05) is 0 Å². The molecule has 2 aromatic rings. The number of hydrogen-bond donors (Lipinski definition) is 1. The molecular weight excluding hydrogens is 234 g/mol. The minimum atomic E-state index is -3.68. The summed E-state index contributed by atoms with van der Waals surface area (Å²) < 4.78 is 35.6. The van der Waals surface area contributed by atoms with Crippen LogP contribution >= 0.6 is 0 Å². The summed E-state index contributed by atoms with van der Waals surface area (Å²) in [6.07, 6.45) is 0. The highest BCUT2D eigenvalue weighted by Gasteiger charge is 2.42. The van der Waals surface area contributed by atoms with Crippen molar-refractivity contribution in [3.05, 3.63) is 11.1 Å². The lowest BCUT2D eigenvalue weighted by atomic mass is 10.1. The fourth-order valence-corrected chi connectivity index (χ4v) is 3.43. The van der Waals surface area contributed by atoms with Gasteiger partial charge < -0.3 is 9.15 Å². The molecular formula is C9H7NO5S. The molecule has 0 atom stereocenters. The Morgan fingerprint density at radius 3 is 2.69 bits per heavy atom. The molecule has 7 heteroatoms. The van der Waals surface area contributed by atoms with E-state index in [1.165, 1.54) is 7.11 Å². The van der Waals surface area contributed by atoms with Crippen molar-refractivity contribution in [2.75, 3.05) is 11.8 Å². The molecule has 0 saturated carbocycles. The molecule has 0 unspecified atom stereocenters. The Kier molecular flexibility index (Phi) is 1.47. The van der Waals surface area contributed by atoms with Gasteiger partial charge in [0, 0.05) is 5.56 Å². The maximum Gasteiger partial charge on any atom is 0.343 e. The molecule has 6 nitrogen and oxygen atoms in total. The second-order valence-corrected chi connectivity index (χ2v) is 5.18. The second kappa shape index (κ2) is 2.49. The summed E-state index contributed by atoms with van der Waals surface area (Å²) in [5.41, 5.74) is 1.52. The van der Waals surface area contributed by atoms with Gasteiger partial charge in [0.05, 0.1) is 12.8 Å². The molecule has 2 bridgehead atoms. The van der Waals surface area contributed by atoms with Crippen molar-refractivity contribution in [3.8, 4) is 0 Å². The van der Waals surface area contributed by atoms with Crippen LogP contribution in [0.4, 0.5) is 5.69 Å². The molecule has 0 radical (unpaired) electrons. The maximum atomic E-state index is 11.7. The number of esters is 1. The Hall–Kier alpha value is -1.76. The zero-order valence-corrected chi connectivity index (χ0v) is 9.27. The Labute approximate surface area is 90.6 Å². The zero-order chi connectivity index (χ0) is 11.7. The average molecular weight is 241 g/mol. The fraction of sp³-hybridized carbons (Fsp3) is 0.222. The average Bonchev–Trinajstić information content (AvgIpc) is 2.80. The maximum absolute atomic E-state index is 11.7. The first kappa shape index (κ1) is 9.46. The molecule has 0 fully saturated rings. The quantitative estimate of drug-likeness (QED) is 0.755. The first-order chi connectivity index (χ1) is 7.47. The molecule has 0 amide bonds. The molecule has 3 rings (SSSR count). The van der Waals surface area contributed by atoms with Gasteiger partial charge in [-0.25, -0.2) is 13.2 Å². The molecule has 1 aliphatic heterocycles. The lowest BCUT2D eigenvalue weighted by molar-refractivity contribution is 0.0599. The van der Waals surface area contributed by atoms with Gasteiger partial charge in [0.2, 0.25) is 0 Å². The third-order valence-corrected chi connectivity index (χ3v) is 4.10. The van der Waals surface area contributed by atoms with Crippen LogP contribution in [0.5, 0.6) is 0 Å². The standard InChI is InChI=1S/C9H7NO5S/c1-3-5-7-8(16(12,13)10-5)4(6(3)15-7)9(11)14-2/h10H,1-2H3. The Morgan fingerprint density at radius 2 is 2.06 bits per heavy atom. The van der Waals surface area contributed by atoms with Crippen LogP contribution < -0.4 is 4.72 Å². The molecule has 0 aromatic carbocycles. The fourth-order valence-electron chi connectivity index (χ4n) is 1.98. The number of carbonyl (C=O) groups excluding carboxylic acids is 1. The number of ether oxygens (including phenoxy) is 1. The SMILES string of the molecule is COC(=O)c1c2c3oc1c(C)c3NS2(=O)=O. The van der Waals surface area contributed by atoms with E-state index >= 15 is 0 Å². The highest BCUT2D eigenvalue weighted by atomic mass is 32.2. The lowest BCUT2D eigenvalue weighted by Gasteiger charge is -1.98. The summed E-state index contributed by atoms with van der Waals surface area (Å²) in [4.78, 5) is 11.4. The van der Waals surface area contributed by atoms with E-state index < -0.39 is 16.0 Å². The van der Waals surface area contributed by atoms with Crippen LogP contribution in [0.25, 0.3) is 11.2 Å². The van der Waals surface area contributed by atoms with Crippen molar-refractivity contribution >= 4 is 32.8 Å². The van der Waals surface area contributed by atoms with E-state index in [0.29, 0.717) is 11.3 Å². The molecule has 0 aliphatic carbocycles. The van der Waals surface area contributed by atoms with Crippen LogP contribution in [0.2, 0.25) is 0 Å². The number of fused-ring (bicyclic) bond motifs is 1. The summed E-state index contributed by atoms with van der Waals surface area (Å²) >= 11 is 0. The topological polar surface area (TPSA) is 85.6 Å². The van der Waals surface area contributed by atoms with Crippen molar-refractivity contribution in [1.29, 1.82) is 0 Å².